The van der Waals surface area contributed by atoms with E-state index in [1.165, 1.54) is 6.07 Å². The Balaban J connectivity index is 1.89. The summed E-state index contributed by atoms with van der Waals surface area (Å²) in [4.78, 5) is 28.4. The summed E-state index contributed by atoms with van der Waals surface area (Å²) in [6, 6.07) is 14.1. The molecule has 0 bridgehead atoms. The minimum atomic E-state index is -0.394. The smallest absolute Gasteiger partial charge is 0.274 e. The number of benzene rings is 2. The quantitative estimate of drug-likeness (QED) is 0.330. The van der Waals surface area contributed by atoms with Gasteiger partial charge in [0.05, 0.1) is 4.92 Å². The first kappa shape index (κ1) is 20.9. The fraction of sp³-hybridized carbons (Fsp3) is 0.300. The Morgan fingerprint density at radius 2 is 1.89 bits per heavy atom. The molecule has 0 aliphatic carbocycles. The molecule has 2 aromatic rings. The molecular weight excluding hydrogens is 358 g/mol. The molecule has 2 N–H and O–H groups in total. The molecule has 0 saturated carbocycles. The summed E-state index contributed by atoms with van der Waals surface area (Å²) in [7, 11) is 5.09. The number of hydrogen-bond donors (Lipinski definition) is 2. The first-order valence-corrected chi connectivity index (χ1v) is 8.89. The molecule has 0 saturated heterocycles. The molecular formula is C20H25N5O3. The Kier molecular flexibility index (Phi) is 7.50. The molecule has 148 valence electrons. The van der Waals surface area contributed by atoms with Crippen molar-refractivity contribution in [3.05, 3.63) is 75.3 Å². The zero-order valence-electron chi connectivity index (χ0n) is 16.3. The van der Waals surface area contributed by atoms with E-state index in [9.17, 15) is 14.9 Å². The van der Waals surface area contributed by atoms with Crippen LogP contribution in [0.25, 0.3) is 0 Å². The van der Waals surface area contributed by atoms with E-state index in [-0.39, 0.29) is 11.6 Å². The van der Waals surface area contributed by atoms with Crippen LogP contribution in [0.4, 0.5) is 5.69 Å². The highest BCUT2D eigenvalue weighted by molar-refractivity contribution is 5.94. The van der Waals surface area contributed by atoms with Gasteiger partial charge in [-0.1, -0.05) is 30.3 Å². The van der Waals surface area contributed by atoms with Crippen LogP contribution >= 0.6 is 0 Å². The standard InChI is InChI=1S/C20H25N5O3/c1-21-20(23-14-17-8-4-5-10-18(17)25(27)28)22-12-11-15-7-6-9-16(13-15)19(26)24(2)3/h4-10,13H,11-12,14H2,1-3H3,(H2,21,22,23). The first-order valence-electron chi connectivity index (χ1n) is 8.89. The monoisotopic (exact) mass is 383 g/mol. The molecule has 1 amide bonds. The number of aliphatic imine (C=N–C) groups is 1. The second-order valence-electron chi connectivity index (χ2n) is 6.39. The number of para-hydroxylation sites is 1. The van der Waals surface area contributed by atoms with Gasteiger partial charge in [-0.25, -0.2) is 0 Å². The summed E-state index contributed by atoms with van der Waals surface area (Å²) in [6.07, 6.45) is 0.709. The summed E-state index contributed by atoms with van der Waals surface area (Å²) >= 11 is 0. The van der Waals surface area contributed by atoms with Gasteiger partial charge in [0.25, 0.3) is 11.6 Å². The van der Waals surface area contributed by atoms with E-state index in [2.05, 4.69) is 15.6 Å². The molecule has 8 heteroatoms. The van der Waals surface area contributed by atoms with E-state index in [0.717, 1.165) is 5.56 Å². The van der Waals surface area contributed by atoms with E-state index in [4.69, 9.17) is 0 Å². The van der Waals surface area contributed by atoms with Crippen molar-refractivity contribution in [3.8, 4) is 0 Å². The molecule has 2 aromatic carbocycles. The van der Waals surface area contributed by atoms with E-state index < -0.39 is 4.92 Å². The van der Waals surface area contributed by atoms with Gasteiger partial charge in [-0.2, -0.15) is 0 Å². The summed E-state index contributed by atoms with van der Waals surface area (Å²) in [5, 5.41) is 17.4. The normalized spacial score (nSPS) is 11.0. The van der Waals surface area contributed by atoms with Crippen molar-refractivity contribution in [1.29, 1.82) is 0 Å². The van der Waals surface area contributed by atoms with Gasteiger partial charge in [0.15, 0.2) is 5.96 Å². The third kappa shape index (κ3) is 5.80. The fourth-order valence-electron chi connectivity index (χ4n) is 2.68. The van der Waals surface area contributed by atoms with Crippen LogP contribution in [0.5, 0.6) is 0 Å². The van der Waals surface area contributed by atoms with Crippen LogP contribution in [-0.4, -0.2) is 49.4 Å². The zero-order valence-corrected chi connectivity index (χ0v) is 16.3. The third-order valence-electron chi connectivity index (χ3n) is 4.14. The van der Waals surface area contributed by atoms with E-state index >= 15 is 0 Å². The number of guanidine groups is 1. The van der Waals surface area contributed by atoms with Crippen molar-refractivity contribution in [2.45, 2.75) is 13.0 Å². The Morgan fingerprint density at radius 3 is 2.57 bits per heavy atom. The molecule has 0 heterocycles. The molecule has 0 aliphatic rings. The Hall–Kier alpha value is -3.42. The van der Waals surface area contributed by atoms with Crippen LogP contribution in [0.2, 0.25) is 0 Å². The number of rotatable bonds is 7. The van der Waals surface area contributed by atoms with Crippen LogP contribution in [0.1, 0.15) is 21.5 Å². The highest BCUT2D eigenvalue weighted by Crippen LogP contribution is 2.17. The molecule has 8 nitrogen and oxygen atoms in total. The van der Waals surface area contributed by atoms with E-state index in [0.29, 0.717) is 36.6 Å². The highest BCUT2D eigenvalue weighted by Gasteiger charge is 2.12. The number of nitrogens with zero attached hydrogens (tertiary/aromatic N) is 3. The van der Waals surface area contributed by atoms with Gasteiger partial charge >= 0.3 is 0 Å². The lowest BCUT2D eigenvalue weighted by molar-refractivity contribution is -0.385. The van der Waals surface area contributed by atoms with Gasteiger partial charge in [0.2, 0.25) is 0 Å². The maximum atomic E-state index is 12.1. The molecule has 2 rings (SSSR count). The van der Waals surface area contributed by atoms with Crippen molar-refractivity contribution >= 4 is 17.6 Å². The highest BCUT2D eigenvalue weighted by atomic mass is 16.6. The molecule has 0 aromatic heterocycles. The maximum absolute atomic E-state index is 12.1. The second-order valence-corrected chi connectivity index (χ2v) is 6.39. The average Bonchev–Trinajstić information content (AvgIpc) is 2.70. The van der Waals surface area contributed by atoms with Crippen molar-refractivity contribution in [2.24, 2.45) is 4.99 Å². The Morgan fingerprint density at radius 1 is 1.14 bits per heavy atom. The van der Waals surface area contributed by atoms with Gasteiger partial charge in [0.1, 0.15) is 0 Å². The zero-order chi connectivity index (χ0) is 20.5. The molecule has 0 spiro atoms. The van der Waals surface area contributed by atoms with Crippen molar-refractivity contribution in [2.75, 3.05) is 27.7 Å². The molecule has 0 unspecified atom stereocenters. The minimum absolute atomic E-state index is 0.0308. The van der Waals surface area contributed by atoms with Crippen molar-refractivity contribution in [1.82, 2.24) is 15.5 Å². The minimum Gasteiger partial charge on any atom is -0.356 e. The second kappa shape index (κ2) is 10.1. The van der Waals surface area contributed by atoms with Gasteiger partial charge in [0, 0.05) is 51.4 Å². The predicted octanol–water partition coefficient (Wildman–Crippen LogP) is 2.20. The summed E-state index contributed by atoms with van der Waals surface area (Å²) in [5.74, 6) is 0.524. The number of nitro benzene ring substituents is 1. The lowest BCUT2D eigenvalue weighted by atomic mass is 10.1. The maximum Gasteiger partial charge on any atom is 0.274 e. The molecule has 0 fully saturated rings. The topological polar surface area (TPSA) is 99.9 Å². The molecule has 0 atom stereocenters. The first-order chi connectivity index (χ1) is 13.4. The van der Waals surface area contributed by atoms with Crippen LogP contribution in [0.15, 0.2) is 53.5 Å². The molecule has 28 heavy (non-hydrogen) atoms. The third-order valence-corrected chi connectivity index (χ3v) is 4.14. The number of nitro groups is 1. The van der Waals surface area contributed by atoms with Crippen LogP contribution in [-0.2, 0) is 13.0 Å². The summed E-state index contributed by atoms with van der Waals surface area (Å²) < 4.78 is 0. The number of carbonyl (C=O) groups excluding carboxylic acids is 1. The van der Waals surface area contributed by atoms with E-state index in [1.807, 2.05) is 18.2 Å². The Bertz CT molecular complexity index is 864. The largest absolute Gasteiger partial charge is 0.356 e. The number of nitrogens with one attached hydrogen (secondary N) is 2. The van der Waals surface area contributed by atoms with Gasteiger partial charge in [-0.05, 0) is 24.1 Å². The molecule has 0 radical (unpaired) electrons. The van der Waals surface area contributed by atoms with Crippen LogP contribution < -0.4 is 10.6 Å². The van der Waals surface area contributed by atoms with Crippen molar-refractivity contribution < 1.29 is 9.72 Å². The fourth-order valence-corrected chi connectivity index (χ4v) is 2.68. The van der Waals surface area contributed by atoms with Crippen LogP contribution in [0, 0.1) is 10.1 Å². The Labute approximate surface area is 164 Å². The lowest BCUT2D eigenvalue weighted by Crippen LogP contribution is -2.38. The van der Waals surface area contributed by atoms with Gasteiger partial charge < -0.3 is 15.5 Å². The predicted molar refractivity (Wildman–Crippen MR) is 109 cm³/mol. The van der Waals surface area contributed by atoms with Gasteiger partial charge in [-0.3, -0.25) is 19.9 Å². The van der Waals surface area contributed by atoms with Gasteiger partial charge in [-0.15, -0.1) is 0 Å². The number of amides is 1. The van der Waals surface area contributed by atoms with Crippen LogP contribution in [0.3, 0.4) is 0 Å². The average molecular weight is 383 g/mol. The lowest BCUT2D eigenvalue weighted by Gasteiger charge is -2.13. The SMILES string of the molecule is CN=C(NCCc1cccc(C(=O)N(C)C)c1)NCc1ccccc1[N+](=O)[O-]. The number of hydrogen-bond acceptors (Lipinski definition) is 4. The summed E-state index contributed by atoms with van der Waals surface area (Å²) in [6.45, 7) is 0.903. The summed E-state index contributed by atoms with van der Waals surface area (Å²) in [5.41, 5.74) is 2.36. The van der Waals surface area contributed by atoms with Crippen molar-refractivity contribution in [3.63, 3.8) is 0 Å². The van der Waals surface area contributed by atoms with E-state index in [1.54, 1.807) is 50.3 Å². The molecule has 0 aliphatic heterocycles. The number of carbonyl (C=O) groups is 1.